The van der Waals surface area contributed by atoms with E-state index in [1.807, 2.05) is 11.3 Å². The topological polar surface area (TPSA) is 15.3 Å². The van der Waals surface area contributed by atoms with E-state index in [4.69, 9.17) is 11.6 Å². The lowest BCUT2D eigenvalue weighted by Gasteiger charge is -2.31. The maximum absolute atomic E-state index is 6.51. The Morgan fingerprint density at radius 3 is 3.00 bits per heavy atom. The van der Waals surface area contributed by atoms with Crippen LogP contribution in [0.25, 0.3) is 10.1 Å². The molecule has 1 aromatic heterocycles. The molecule has 1 saturated heterocycles. The fourth-order valence-corrected chi connectivity index (χ4v) is 4.29. The van der Waals surface area contributed by atoms with Crippen LogP contribution in [0.15, 0.2) is 24.3 Å². The SMILES string of the molecule is CN(Cc1sc2ccccc2c1Cl)C1CCCNC1. The molecule has 2 heterocycles. The van der Waals surface area contributed by atoms with Gasteiger partial charge in [0.25, 0.3) is 0 Å². The summed E-state index contributed by atoms with van der Waals surface area (Å²) < 4.78 is 1.29. The van der Waals surface area contributed by atoms with Gasteiger partial charge in [0.1, 0.15) is 0 Å². The highest BCUT2D eigenvalue weighted by molar-refractivity contribution is 7.19. The summed E-state index contributed by atoms with van der Waals surface area (Å²) >= 11 is 8.33. The van der Waals surface area contributed by atoms with Crippen molar-refractivity contribution >= 4 is 33.0 Å². The number of hydrogen-bond donors (Lipinski definition) is 1. The molecule has 1 aliphatic rings. The van der Waals surface area contributed by atoms with E-state index >= 15 is 0 Å². The number of fused-ring (bicyclic) bond motifs is 1. The van der Waals surface area contributed by atoms with E-state index in [0.717, 1.165) is 24.7 Å². The summed E-state index contributed by atoms with van der Waals surface area (Å²) in [6.45, 7) is 3.21. The molecule has 19 heavy (non-hydrogen) atoms. The summed E-state index contributed by atoms with van der Waals surface area (Å²) in [7, 11) is 2.21. The van der Waals surface area contributed by atoms with Gasteiger partial charge in [0.15, 0.2) is 0 Å². The molecule has 2 nitrogen and oxygen atoms in total. The van der Waals surface area contributed by atoms with Crippen LogP contribution >= 0.6 is 22.9 Å². The number of rotatable bonds is 3. The molecule has 1 aliphatic heterocycles. The summed E-state index contributed by atoms with van der Waals surface area (Å²) in [5.41, 5.74) is 0. The summed E-state index contributed by atoms with van der Waals surface area (Å²) in [6.07, 6.45) is 2.56. The van der Waals surface area contributed by atoms with Crippen LogP contribution in [-0.2, 0) is 6.54 Å². The lowest BCUT2D eigenvalue weighted by atomic mass is 10.1. The number of piperidine rings is 1. The highest BCUT2D eigenvalue weighted by atomic mass is 35.5. The molecule has 0 aliphatic carbocycles. The van der Waals surface area contributed by atoms with E-state index in [9.17, 15) is 0 Å². The molecule has 4 heteroatoms. The summed E-state index contributed by atoms with van der Waals surface area (Å²) in [5, 5.41) is 5.61. The van der Waals surface area contributed by atoms with Gasteiger partial charge in [-0.2, -0.15) is 0 Å². The highest BCUT2D eigenvalue weighted by Gasteiger charge is 2.19. The predicted octanol–water partition coefficient (Wildman–Crippen LogP) is 3.74. The van der Waals surface area contributed by atoms with Crippen LogP contribution in [0.4, 0.5) is 0 Å². The van der Waals surface area contributed by atoms with Crippen molar-refractivity contribution in [3.8, 4) is 0 Å². The normalized spacial score (nSPS) is 20.3. The van der Waals surface area contributed by atoms with Crippen molar-refractivity contribution in [3.05, 3.63) is 34.2 Å². The van der Waals surface area contributed by atoms with Crippen LogP contribution in [0.3, 0.4) is 0 Å². The molecule has 1 atom stereocenters. The van der Waals surface area contributed by atoms with E-state index < -0.39 is 0 Å². The van der Waals surface area contributed by atoms with Gasteiger partial charge >= 0.3 is 0 Å². The zero-order valence-corrected chi connectivity index (χ0v) is 12.7. The molecular formula is C15H19ClN2S. The molecule has 1 N–H and O–H groups in total. The number of likely N-dealkylation sites (N-methyl/N-ethyl adjacent to an activating group) is 1. The molecule has 1 fully saturated rings. The van der Waals surface area contributed by atoms with Crippen LogP contribution in [0.2, 0.25) is 5.02 Å². The second kappa shape index (κ2) is 5.80. The standard InChI is InChI=1S/C15H19ClN2S/c1-18(11-5-4-8-17-9-11)10-14-15(16)12-6-2-3-7-13(12)19-14/h2-3,6-7,11,17H,4-5,8-10H2,1H3. The third-order valence-electron chi connectivity index (χ3n) is 3.89. The van der Waals surface area contributed by atoms with Crippen LogP contribution in [-0.4, -0.2) is 31.1 Å². The zero-order chi connectivity index (χ0) is 13.2. The van der Waals surface area contributed by atoms with Crippen LogP contribution in [0, 0.1) is 0 Å². The number of halogens is 1. The second-order valence-electron chi connectivity index (χ2n) is 5.25. The molecule has 0 saturated carbocycles. The van der Waals surface area contributed by atoms with Gasteiger partial charge in [-0.15, -0.1) is 11.3 Å². The first kappa shape index (κ1) is 13.4. The molecular weight excluding hydrogens is 276 g/mol. The lowest BCUT2D eigenvalue weighted by Crippen LogP contribution is -2.43. The van der Waals surface area contributed by atoms with Crippen molar-refractivity contribution in [2.45, 2.75) is 25.4 Å². The third kappa shape index (κ3) is 2.79. The van der Waals surface area contributed by atoms with E-state index in [-0.39, 0.29) is 0 Å². The highest BCUT2D eigenvalue weighted by Crippen LogP contribution is 2.36. The molecule has 1 aromatic carbocycles. The largest absolute Gasteiger partial charge is 0.315 e. The van der Waals surface area contributed by atoms with Gasteiger partial charge in [0, 0.05) is 34.1 Å². The minimum atomic E-state index is 0.634. The molecule has 3 rings (SSSR count). The Balaban J connectivity index is 1.78. The summed E-state index contributed by atoms with van der Waals surface area (Å²) in [5.74, 6) is 0. The first-order valence-corrected chi connectivity index (χ1v) is 8.02. The van der Waals surface area contributed by atoms with Gasteiger partial charge in [-0.3, -0.25) is 4.90 Å². The summed E-state index contributed by atoms with van der Waals surface area (Å²) in [6, 6.07) is 9.03. The monoisotopic (exact) mass is 294 g/mol. The molecule has 0 amide bonds. The van der Waals surface area contributed by atoms with Crippen molar-refractivity contribution in [3.63, 3.8) is 0 Å². The smallest absolute Gasteiger partial charge is 0.0637 e. The Bertz CT molecular complexity index is 560. The number of nitrogens with zero attached hydrogens (tertiary/aromatic N) is 1. The number of nitrogens with one attached hydrogen (secondary N) is 1. The number of benzene rings is 1. The summed E-state index contributed by atoms with van der Waals surface area (Å²) in [4.78, 5) is 3.72. The molecule has 0 radical (unpaired) electrons. The third-order valence-corrected chi connectivity index (χ3v) is 5.59. The minimum absolute atomic E-state index is 0.634. The van der Waals surface area contributed by atoms with Crippen LogP contribution in [0.1, 0.15) is 17.7 Å². The minimum Gasteiger partial charge on any atom is -0.315 e. The fourth-order valence-electron chi connectivity index (χ4n) is 2.73. The van der Waals surface area contributed by atoms with E-state index in [0.29, 0.717) is 6.04 Å². The maximum Gasteiger partial charge on any atom is 0.0637 e. The van der Waals surface area contributed by atoms with Gasteiger partial charge < -0.3 is 5.32 Å². The Hall–Kier alpha value is -0.610. The van der Waals surface area contributed by atoms with E-state index in [2.05, 4.69) is 41.5 Å². The second-order valence-corrected chi connectivity index (χ2v) is 6.77. The van der Waals surface area contributed by atoms with E-state index in [1.165, 1.54) is 27.8 Å². The predicted molar refractivity (Wildman–Crippen MR) is 84.2 cm³/mol. The Labute approximate surface area is 123 Å². The first-order valence-electron chi connectivity index (χ1n) is 6.82. The number of hydrogen-bond acceptors (Lipinski definition) is 3. The van der Waals surface area contributed by atoms with Crippen molar-refractivity contribution in [2.24, 2.45) is 0 Å². The average molecular weight is 295 g/mol. The van der Waals surface area contributed by atoms with Crippen LogP contribution < -0.4 is 5.32 Å². The van der Waals surface area contributed by atoms with E-state index in [1.54, 1.807) is 0 Å². The van der Waals surface area contributed by atoms with Crippen molar-refractivity contribution in [1.29, 1.82) is 0 Å². The van der Waals surface area contributed by atoms with Gasteiger partial charge in [0.2, 0.25) is 0 Å². The van der Waals surface area contributed by atoms with Gasteiger partial charge in [-0.05, 0) is 32.5 Å². The van der Waals surface area contributed by atoms with Crippen molar-refractivity contribution in [2.75, 3.05) is 20.1 Å². The lowest BCUT2D eigenvalue weighted by molar-refractivity contribution is 0.197. The van der Waals surface area contributed by atoms with Gasteiger partial charge in [0.05, 0.1) is 5.02 Å². The molecule has 0 bridgehead atoms. The Morgan fingerprint density at radius 2 is 2.26 bits per heavy atom. The molecule has 2 aromatic rings. The fraction of sp³-hybridized carbons (Fsp3) is 0.467. The van der Waals surface area contributed by atoms with Crippen molar-refractivity contribution < 1.29 is 0 Å². The van der Waals surface area contributed by atoms with Crippen molar-refractivity contribution in [1.82, 2.24) is 10.2 Å². The van der Waals surface area contributed by atoms with Gasteiger partial charge in [-0.1, -0.05) is 29.8 Å². The maximum atomic E-state index is 6.51. The Kier molecular flexibility index (Phi) is 4.08. The molecule has 1 unspecified atom stereocenters. The Morgan fingerprint density at radius 1 is 1.42 bits per heavy atom. The van der Waals surface area contributed by atoms with Gasteiger partial charge in [-0.25, -0.2) is 0 Å². The quantitative estimate of drug-likeness (QED) is 0.928. The zero-order valence-electron chi connectivity index (χ0n) is 11.2. The molecule has 102 valence electrons. The first-order chi connectivity index (χ1) is 9.25. The molecule has 0 spiro atoms. The van der Waals surface area contributed by atoms with Crippen LogP contribution in [0.5, 0.6) is 0 Å². The average Bonchev–Trinajstić information content (AvgIpc) is 2.77. The number of thiophene rings is 1.